The second-order valence-corrected chi connectivity index (χ2v) is 4.57. The van der Waals surface area contributed by atoms with Crippen molar-refractivity contribution in [2.24, 2.45) is 0 Å². The highest BCUT2D eigenvalue weighted by molar-refractivity contribution is 7.13. The lowest BCUT2D eigenvalue weighted by atomic mass is 10.4. The molecule has 0 aliphatic rings. The van der Waals surface area contributed by atoms with Gasteiger partial charge >= 0.3 is 5.97 Å². The summed E-state index contributed by atoms with van der Waals surface area (Å²) in [5.74, 6) is -0.356. The number of hydrogen-bond acceptors (Lipinski definition) is 6. The normalized spacial score (nSPS) is 10.7. The molecule has 0 aliphatic heterocycles. The Morgan fingerprint density at radius 3 is 2.78 bits per heavy atom. The van der Waals surface area contributed by atoms with Gasteiger partial charge in [-0.15, -0.1) is 11.3 Å². The quantitative estimate of drug-likeness (QED) is 0.734. The number of nitrogens with zero attached hydrogens (tertiary/aromatic N) is 2. The lowest BCUT2D eigenvalue weighted by molar-refractivity contribution is 0.0520. The first-order valence-electron chi connectivity index (χ1n) is 6.30. The number of ether oxygens (including phenoxy) is 1. The van der Waals surface area contributed by atoms with Crippen LogP contribution in [0.25, 0.3) is 0 Å². The number of likely N-dealkylation sites (N-methyl/N-ethyl adjacent to an activating group) is 1. The molecule has 102 valence electrons. The van der Waals surface area contributed by atoms with Gasteiger partial charge in [-0.25, -0.2) is 9.78 Å². The molecule has 0 unspecified atom stereocenters. The minimum absolute atomic E-state index is 0.356. The third kappa shape index (κ3) is 4.62. The lowest BCUT2D eigenvalue weighted by Crippen LogP contribution is -2.28. The highest BCUT2D eigenvalue weighted by Crippen LogP contribution is 2.15. The van der Waals surface area contributed by atoms with Crippen LogP contribution in [0.5, 0.6) is 0 Å². The molecule has 0 saturated heterocycles. The van der Waals surface area contributed by atoms with Crippen molar-refractivity contribution in [1.82, 2.24) is 9.88 Å². The zero-order valence-corrected chi connectivity index (χ0v) is 12.0. The minimum atomic E-state index is -0.356. The van der Waals surface area contributed by atoms with Crippen LogP contribution >= 0.6 is 11.3 Å². The van der Waals surface area contributed by atoms with Crippen LogP contribution in [0, 0.1) is 0 Å². The van der Waals surface area contributed by atoms with Gasteiger partial charge in [0.2, 0.25) is 0 Å². The van der Waals surface area contributed by atoms with Crippen molar-refractivity contribution >= 4 is 22.4 Å². The molecule has 1 N–H and O–H groups in total. The molecule has 0 saturated carbocycles. The first-order valence-corrected chi connectivity index (χ1v) is 7.18. The van der Waals surface area contributed by atoms with Crippen molar-refractivity contribution in [3.05, 3.63) is 11.1 Å². The zero-order chi connectivity index (χ0) is 13.4. The summed E-state index contributed by atoms with van der Waals surface area (Å²) in [7, 11) is 0. The third-order valence-electron chi connectivity index (χ3n) is 2.59. The fourth-order valence-electron chi connectivity index (χ4n) is 1.51. The number of anilines is 1. The first-order chi connectivity index (χ1) is 8.71. The molecule has 0 aliphatic carbocycles. The number of carbonyl (C=O) groups excluding carboxylic acids is 1. The van der Waals surface area contributed by atoms with Gasteiger partial charge in [-0.3, -0.25) is 0 Å². The summed E-state index contributed by atoms with van der Waals surface area (Å²) in [6, 6.07) is 0. The average Bonchev–Trinajstić information content (AvgIpc) is 2.84. The molecule has 0 radical (unpaired) electrons. The third-order valence-corrected chi connectivity index (χ3v) is 3.39. The van der Waals surface area contributed by atoms with Gasteiger partial charge in [0.1, 0.15) is 0 Å². The summed E-state index contributed by atoms with van der Waals surface area (Å²) >= 11 is 1.43. The van der Waals surface area contributed by atoms with Crippen molar-refractivity contribution in [2.75, 3.05) is 38.1 Å². The number of rotatable bonds is 8. The molecule has 0 fully saturated rings. The lowest BCUT2D eigenvalue weighted by Gasteiger charge is -2.17. The van der Waals surface area contributed by atoms with Gasteiger partial charge in [0.15, 0.2) is 10.8 Å². The molecule has 0 spiro atoms. The molecule has 1 heterocycles. The summed E-state index contributed by atoms with van der Waals surface area (Å²) < 4.78 is 4.89. The summed E-state index contributed by atoms with van der Waals surface area (Å²) in [6.07, 6.45) is 0. The first kappa shape index (κ1) is 14.9. The van der Waals surface area contributed by atoms with Crippen molar-refractivity contribution < 1.29 is 9.53 Å². The SMILES string of the molecule is CCOC(=O)c1csc(NCCN(CC)CC)n1. The number of hydrogen-bond donors (Lipinski definition) is 1. The molecule has 18 heavy (non-hydrogen) atoms. The van der Waals surface area contributed by atoms with Crippen LogP contribution < -0.4 is 5.32 Å². The standard InChI is InChI=1S/C12H21N3O2S/c1-4-15(5-2)8-7-13-12-14-10(9-18-12)11(16)17-6-3/h9H,4-8H2,1-3H3,(H,13,14). The second-order valence-electron chi connectivity index (χ2n) is 3.71. The van der Waals surface area contributed by atoms with E-state index in [9.17, 15) is 4.79 Å². The van der Waals surface area contributed by atoms with Crippen molar-refractivity contribution in [3.8, 4) is 0 Å². The molecule has 0 atom stereocenters. The number of carbonyl (C=O) groups is 1. The highest BCUT2D eigenvalue weighted by atomic mass is 32.1. The molecule has 5 nitrogen and oxygen atoms in total. The van der Waals surface area contributed by atoms with Crippen LogP contribution in [0.4, 0.5) is 5.13 Å². The molecule has 6 heteroatoms. The Bertz CT molecular complexity index is 364. The van der Waals surface area contributed by atoms with Crippen LogP contribution in [0.2, 0.25) is 0 Å². The number of esters is 1. The zero-order valence-electron chi connectivity index (χ0n) is 11.2. The summed E-state index contributed by atoms with van der Waals surface area (Å²) in [5.41, 5.74) is 0.382. The van der Waals surface area contributed by atoms with E-state index in [1.54, 1.807) is 12.3 Å². The molecule has 1 rings (SSSR count). The van der Waals surface area contributed by atoms with Gasteiger partial charge in [0.05, 0.1) is 6.61 Å². The van der Waals surface area contributed by atoms with Crippen LogP contribution in [-0.4, -0.2) is 48.6 Å². The van der Waals surface area contributed by atoms with E-state index in [0.717, 1.165) is 31.3 Å². The van der Waals surface area contributed by atoms with Crippen molar-refractivity contribution in [1.29, 1.82) is 0 Å². The predicted octanol–water partition coefficient (Wildman–Crippen LogP) is 2.07. The Morgan fingerprint density at radius 1 is 1.44 bits per heavy atom. The van der Waals surface area contributed by atoms with Gasteiger partial charge in [-0.05, 0) is 20.0 Å². The van der Waals surface area contributed by atoms with E-state index >= 15 is 0 Å². The van der Waals surface area contributed by atoms with E-state index in [-0.39, 0.29) is 5.97 Å². The summed E-state index contributed by atoms with van der Waals surface area (Å²) in [6.45, 7) is 10.3. The highest BCUT2D eigenvalue weighted by Gasteiger charge is 2.11. The van der Waals surface area contributed by atoms with Crippen molar-refractivity contribution in [2.45, 2.75) is 20.8 Å². The maximum absolute atomic E-state index is 11.4. The fraction of sp³-hybridized carbons (Fsp3) is 0.667. The summed E-state index contributed by atoms with van der Waals surface area (Å²) in [4.78, 5) is 17.9. The van der Waals surface area contributed by atoms with Crippen LogP contribution in [-0.2, 0) is 4.74 Å². The van der Waals surface area contributed by atoms with Crippen LogP contribution in [0.3, 0.4) is 0 Å². The van der Waals surface area contributed by atoms with E-state index in [4.69, 9.17) is 4.74 Å². The molecule has 1 aromatic rings. The smallest absolute Gasteiger partial charge is 0.357 e. The van der Waals surface area contributed by atoms with Gasteiger partial charge < -0.3 is 15.0 Å². The van der Waals surface area contributed by atoms with Gasteiger partial charge in [-0.1, -0.05) is 13.8 Å². The Morgan fingerprint density at radius 2 is 2.17 bits per heavy atom. The monoisotopic (exact) mass is 271 g/mol. The van der Waals surface area contributed by atoms with E-state index in [0.29, 0.717) is 12.3 Å². The average molecular weight is 271 g/mol. The number of aromatic nitrogens is 1. The number of nitrogens with one attached hydrogen (secondary N) is 1. The second kappa shape index (κ2) is 8.05. The molecule has 0 bridgehead atoms. The van der Waals surface area contributed by atoms with Gasteiger partial charge in [0.25, 0.3) is 0 Å². The largest absolute Gasteiger partial charge is 0.461 e. The van der Waals surface area contributed by atoms with E-state index in [1.165, 1.54) is 11.3 Å². The Labute approximate surface area is 112 Å². The Kier molecular flexibility index (Phi) is 6.67. The molecular formula is C12H21N3O2S. The minimum Gasteiger partial charge on any atom is -0.461 e. The molecule has 0 amide bonds. The molecule has 0 aromatic carbocycles. The van der Waals surface area contributed by atoms with Crippen LogP contribution in [0.15, 0.2) is 5.38 Å². The van der Waals surface area contributed by atoms with E-state index in [2.05, 4.69) is 29.0 Å². The van der Waals surface area contributed by atoms with Crippen LogP contribution in [0.1, 0.15) is 31.3 Å². The predicted molar refractivity (Wildman–Crippen MR) is 74.3 cm³/mol. The topological polar surface area (TPSA) is 54.5 Å². The Balaban J connectivity index is 2.37. The van der Waals surface area contributed by atoms with E-state index in [1.807, 2.05) is 0 Å². The Hall–Kier alpha value is -1.14. The summed E-state index contributed by atoms with van der Waals surface area (Å²) in [5, 5.41) is 5.71. The molecular weight excluding hydrogens is 250 g/mol. The maximum atomic E-state index is 11.4. The maximum Gasteiger partial charge on any atom is 0.357 e. The molecule has 1 aromatic heterocycles. The number of thiazole rings is 1. The van der Waals surface area contributed by atoms with Gasteiger partial charge in [0, 0.05) is 18.5 Å². The fourth-order valence-corrected chi connectivity index (χ4v) is 2.22. The van der Waals surface area contributed by atoms with E-state index < -0.39 is 0 Å². The van der Waals surface area contributed by atoms with Gasteiger partial charge in [-0.2, -0.15) is 0 Å². The van der Waals surface area contributed by atoms with Crippen molar-refractivity contribution in [3.63, 3.8) is 0 Å².